The zero-order chi connectivity index (χ0) is 11.0. The molecule has 80 valence electrons. The van der Waals surface area contributed by atoms with Crippen LogP contribution in [0.5, 0.6) is 0 Å². The van der Waals surface area contributed by atoms with Crippen molar-refractivity contribution < 1.29 is 0 Å². The molecule has 14 heavy (non-hydrogen) atoms. The van der Waals surface area contributed by atoms with Crippen LogP contribution in [0.1, 0.15) is 25.7 Å². The van der Waals surface area contributed by atoms with Crippen molar-refractivity contribution in [2.75, 3.05) is 14.1 Å². The minimum absolute atomic E-state index is 0.690. The summed E-state index contributed by atoms with van der Waals surface area (Å²) in [5.41, 5.74) is 1.15. The summed E-state index contributed by atoms with van der Waals surface area (Å²) in [4.78, 5) is 0. The first-order valence-electron chi connectivity index (χ1n) is 4.74. The smallest absolute Gasteiger partial charge is 0.0387 e. The standard InChI is InChI=1S/C11H19ClN2/c1-5-6-7-11(13-14(3)4)9-8-10(2)12/h5H,1-2,6-9H2,3-4H3/b13-11-. The highest BCUT2D eigenvalue weighted by atomic mass is 35.5. The van der Waals surface area contributed by atoms with Crippen LogP contribution in [0.25, 0.3) is 0 Å². The van der Waals surface area contributed by atoms with Gasteiger partial charge in [0, 0.05) is 24.8 Å². The van der Waals surface area contributed by atoms with Gasteiger partial charge in [-0.3, -0.25) is 0 Å². The molecule has 0 saturated carbocycles. The molecule has 2 nitrogen and oxygen atoms in total. The molecule has 0 bridgehead atoms. The van der Waals surface area contributed by atoms with Crippen LogP contribution >= 0.6 is 11.6 Å². The highest BCUT2D eigenvalue weighted by molar-refractivity contribution is 6.29. The summed E-state index contributed by atoms with van der Waals surface area (Å²) in [5, 5.41) is 6.89. The van der Waals surface area contributed by atoms with Crippen LogP contribution in [0.4, 0.5) is 0 Å². The van der Waals surface area contributed by atoms with Crippen LogP contribution in [0, 0.1) is 0 Å². The predicted octanol–water partition coefficient (Wildman–Crippen LogP) is 3.40. The number of rotatable bonds is 7. The molecular weight excluding hydrogens is 196 g/mol. The number of halogens is 1. The third kappa shape index (κ3) is 7.87. The molecule has 0 aliphatic rings. The molecule has 0 amide bonds. The van der Waals surface area contributed by atoms with Gasteiger partial charge in [-0.25, -0.2) is 0 Å². The monoisotopic (exact) mass is 214 g/mol. The second kappa shape index (κ2) is 7.63. The van der Waals surface area contributed by atoms with E-state index in [9.17, 15) is 0 Å². The van der Waals surface area contributed by atoms with Gasteiger partial charge in [0.1, 0.15) is 0 Å². The Bertz CT molecular complexity index is 219. The first-order chi connectivity index (χ1) is 6.56. The quantitative estimate of drug-likeness (QED) is 0.360. The van der Waals surface area contributed by atoms with E-state index in [0.29, 0.717) is 5.03 Å². The van der Waals surface area contributed by atoms with Crippen molar-refractivity contribution in [2.45, 2.75) is 25.7 Å². The first kappa shape index (κ1) is 13.2. The summed E-state index contributed by atoms with van der Waals surface area (Å²) < 4.78 is 0. The van der Waals surface area contributed by atoms with Crippen molar-refractivity contribution in [3.05, 3.63) is 24.3 Å². The number of hydrazone groups is 1. The Labute approximate surface area is 91.9 Å². The Hall–Kier alpha value is -0.760. The van der Waals surface area contributed by atoms with E-state index in [1.807, 2.05) is 25.2 Å². The average molecular weight is 215 g/mol. The lowest BCUT2D eigenvalue weighted by Crippen LogP contribution is -2.09. The van der Waals surface area contributed by atoms with Crippen molar-refractivity contribution in [3.8, 4) is 0 Å². The topological polar surface area (TPSA) is 15.6 Å². The van der Waals surface area contributed by atoms with Gasteiger partial charge in [0.05, 0.1) is 0 Å². The molecule has 0 saturated heterocycles. The first-order valence-corrected chi connectivity index (χ1v) is 5.12. The van der Waals surface area contributed by atoms with E-state index in [1.54, 1.807) is 0 Å². The lowest BCUT2D eigenvalue weighted by Gasteiger charge is -2.09. The molecule has 0 atom stereocenters. The van der Waals surface area contributed by atoms with Crippen LogP contribution < -0.4 is 0 Å². The Morgan fingerprint density at radius 2 is 2.00 bits per heavy atom. The minimum Gasteiger partial charge on any atom is -0.303 e. The molecule has 0 aromatic carbocycles. The lowest BCUT2D eigenvalue weighted by molar-refractivity contribution is 0.434. The molecule has 0 aromatic heterocycles. The molecule has 0 radical (unpaired) electrons. The predicted molar refractivity (Wildman–Crippen MR) is 64.8 cm³/mol. The van der Waals surface area contributed by atoms with Crippen molar-refractivity contribution in [1.82, 2.24) is 5.01 Å². The molecule has 0 fully saturated rings. The Morgan fingerprint density at radius 3 is 2.43 bits per heavy atom. The highest BCUT2D eigenvalue weighted by Crippen LogP contribution is 2.10. The van der Waals surface area contributed by atoms with Gasteiger partial charge in [-0.05, 0) is 25.7 Å². The molecular formula is C11H19ClN2. The SMILES string of the molecule is C=CCC/C(CCC(=C)Cl)=N/N(C)C. The Balaban J connectivity index is 4.10. The molecule has 0 heterocycles. The van der Waals surface area contributed by atoms with Gasteiger partial charge in [-0.15, -0.1) is 6.58 Å². The minimum atomic E-state index is 0.690. The highest BCUT2D eigenvalue weighted by Gasteiger charge is 2.00. The van der Waals surface area contributed by atoms with Gasteiger partial charge in [-0.1, -0.05) is 24.3 Å². The van der Waals surface area contributed by atoms with Crippen LogP contribution in [-0.2, 0) is 0 Å². The van der Waals surface area contributed by atoms with Crippen LogP contribution in [0.2, 0.25) is 0 Å². The maximum Gasteiger partial charge on any atom is 0.0387 e. The normalized spacial score (nSPS) is 11.2. The lowest BCUT2D eigenvalue weighted by atomic mass is 10.1. The summed E-state index contributed by atoms with van der Waals surface area (Å²) in [7, 11) is 3.84. The van der Waals surface area contributed by atoms with Gasteiger partial charge >= 0.3 is 0 Å². The summed E-state index contributed by atoms with van der Waals surface area (Å²) in [5.74, 6) is 0. The number of hydrogen-bond acceptors (Lipinski definition) is 2. The largest absolute Gasteiger partial charge is 0.303 e. The molecule has 3 heteroatoms. The van der Waals surface area contributed by atoms with Gasteiger partial charge < -0.3 is 5.01 Å². The Kier molecular flexibility index (Phi) is 7.21. The summed E-state index contributed by atoms with van der Waals surface area (Å²) in [6.45, 7) is 7.36. The van der Waals surface area contributed by atoms with Gasteiger partial charge in [0.25, 0.3) is 0 Å². The van der Waals surface area contributed by atoms with E-state index in [0.717, 1.165) is 31.4 Å². The summed E-state index contributed by atoms with van der Waals surface area (Å²) >= 11 is 5.71. The van der Waals surface area contributed by atoms with Crippen LogP contribution in [0.3, 0.4) is 0 Å². The van der Waals surface area contributed by atoms with Crippen molar-refractivity contribution in [1.29, 1.82) is 0 Å². The van der Waals surface area contributed by atoms with E-state index in [-0.39, 0.29) is 0 Å². The molecule has 0 rings (SSSR count). The summed E-state index contributed by atoms with van der Waals surface area (Å²) in [6.07, 6.45) is 5.49. The fourth-order valence-electron chi connectivity index (χ4n) is 1.06. The second-order valence-electron chi connectivity index (χ2n) is 3.36. The van der Waals surface area contributed by atoms with Crippen molar-refractivity contribution in [2.24, 2.45) is 5.10 Å². The van der Waals surface area contributed by atoms with E-state index >= 15 is 0 Å². The zero-order valence-corrected chi connectivity index (χ0v) is 9.85. The van der Waals surface area contributed by atoms with Gasteiger partial charge in [0.15, 0.2) is 0 Å². The molecule has 0 N–H and O–H groups in total. The maximum atomic E-state index is 5.71. The fraction of sp³-hybridized carbons (Fsp3) is 0.545. The molecule has 0 spiro atoms. The van der Waals surface area contributed by atoms with E-state index in [4.69, 9.17) is 11.6 Å². The number of nitrogens with zero attached hydrogens (tertiary/aromatic N) is 2. The number of allylic oxidation sites excluding steroid dienone is 2. The van der Waals surface area contributed by atoms with Gasteiger partial charge in [0.2, 0.25) is 0 Å². The van der Waals surface area contributed by atoms with Crippen molar-refractivity contribution in [3.63, 3.8) is 0 Å². The van der Waals surface area contributed by atoms with Crippen LogP contribution in [-0.4, -0.2) is 24.8 Å². The zero-order valence-electron chi connectivity index (χ0n) is 9.09. The fourth-order valence-corrected chi connectivity index (χ4v) is 1.15. The molecule has 0 aliphatic heterocycles. The molecule has 0 aromatic rings. The molecule has 0 aliphatic carbocycles. The van der Waals surface area contributed by atoms with E-state index < -0.39 is 0 Å². The third-order valence-electron chi connectivity index (χ3n) is 1.66. The third-order valence-corrected chi connectivity index (χ3v) is 1.85. The molecule has 0 unspecified atom stereocenters. The maximum absolute atomic E-state index is 5.71. The second-order valence-corrected chi connectivity index (χ2v) is 3.89. The number of hydrogen-bond donors (Lipinski definition) is 0. The summed E-state index contributed by atoms with van der Waals surface area (Å²) in [6, 6.07) is 0. The Morgan fingerprint density at radius 1 is 1.36 bits per heavy atom. The van der Waals surface area contributed by atoms with E-state index in [1.165, 1.54) is 0 Å². The van der Waals surface area contributed by atoms with Crippen LogP contribution in [0.15, 0.2) is 29.4 Å². The van der Waals surface area contributed by atoms with E-state index in [2.05, 4.69) is 18.3 Å². The van der Waals surface area contributed by atoms with Crippen molar-refractivity contribution >= 4 is 17.3 Å². The average Bonchev–Trinajstić information content (AvgIpc) is 2.09. The van der Waals surface area contributed by atoms with Gasteiger partial charge in [-0.2, -0.15) is 5.10 Å².